The zero-order valence-electron chi connectivity index (χ0n) is 7.19. The van der Waals surface area contributed by atoms with Gasteiger partial charge in [0.1, 0.15) is 0 Å². The highest BCUT2D eigenvalue weighted by atomic mass is 19.4. The molecule has 0 aliphatic carbocycles. The molecule has 0 aliphatic heterocycles. The number of rotatable bonds is 5. The standard InChI is InChI=1S/C8H15F3O/c1-2-3-4-5-7(12)6-8(9,10)11/h7,12H,2-6H2,1H3. The minimum Gasteiger partial charge on any atom is -0.393 e. The summed E-state index contributed by atoms with van der Waals surface area (Å²) in [6, 6.07) is 0. The summed E-state index contributed by atoms with van der Waals surface area (Å²) in [5.74, 6) is 0. The summed E-state index contributed by atoms with van der Waals surface area (Å²) in [6.07, 6.45) is -3.74. The van der Waals surface area contributed by atoms with Gasteiger partial charge >= 0.3 is 6.18 Å². The predicted molar refractivity (Wildman–Crippen MR) is 40.8 cm³/mol. The highest BCUT2D eigenvalue weighted by Gasteiger charge is 2.30. The Bertz CT molecular complexity index is 111. The molecule has 0 aromatic heterocycles. The average molecular weight is 184 g/mol. The second kappa shape index (κ2) is 5.41. The quantitative estimate of drug-likeness (QED) is 0.651. The van der Waals surface area contributed by atoms with Gasteiger partial charge in [0.2, 0.25) is 0 Å². The highest BCUT2D eigenvalue weighted by molar-refractivity contribution is 4.61. The van der Waals surface area contributed by atoms with Gasteiger partial charge in [0.05, 0.1) is 12.5 Å². The molecule has 0 saturated carbocycles. The molecule has 1 atom stereocenters. The van der Waals surface area contributed by atoms with Crippen LogP contribution in [0.1, 0.15) is 39.0 Å². The van der Waals surface area contributed by atoms with Gasteiger partial charge in [-0.1, -0.05) is 26.2 Å². The first-order chi connectivity index (χ1) is 5.45. The van der Waals surface area contributed by atoms with Crippen molar-refractivity contribution in [2.75, 3.05) is 0 Å². The second-order valence-electron chi connectivity index (χ2n) is 2.97. The largest absolute Gasteiger partial charge is 0.393 e. The number of hydrogen-bond donors (Lipinski definition) is 1. The molecule has 0 heterocycles. The zero-order valence-corrected chi connectivity index (χ0v) is 7.19. The Balaban J connectivity index is 3.40. The lowest BCUT2D eigenvalue weighted by Gasteiger charge is -2.12. The van der Waals surface area contributed by atoms with Crippen molar-refractivity contribution < 1.29 is 18.3 Å². The lowest BCUT2D eigenvalue weighted by molar-refractivity contribution is -0.154. The Morgan fingerprint density at radius 2 is 1.83 bits per heavy atom. The SMILES string of the molecule is CCCCCC(O)CC(F)(F)F. The molecule has 0 saturated heterocycles. The van der Waals surface area contributed by atoms with Crippen molar-refractivity contribution >= 4 is 0 Å². The normalized spacial score (nSPS) is 14.8. The molecular weight excluding hydrogens is 169 g/mol. The molecule has 1 unspecified atom stereocenters. The van der Waals surface area contributed by atoms with Crippen molar-refractivity contribution in [3.8, 4) is 0 Å². The maximum absolute atomic E-state index is 11.7. The van der Waals surface area contributed by atoms with E-state index in [0.717, 1.165) is 12.8 Å². The van der Waals surface area contributed by atoms with Gasteiger partial charge in [-0.25, -0.2) is 0 Å². The Labute approximate surface area is 70.6 Å². The molecule has 0 fully saturated rings. The van der Waals surface area contributed by atoms with Gasteiger partial charge in [-0.2, -0.15) is 13.2 Å². The van der Waals surface area contributed by atoms with Crippen LogP contribution in [-0.4, -0.2) is 17.4 Å². The molecule has 0 bridgehead atoms. The van der Waals surface area contributed by atoms with Crippen LogP contribution in [0, 0.1) is 0 Å². The summed E-state index contributed by atoms with van der Waals surface area (Å²) in [5.41, 5.74) is 0. The van der Waals surface area contributed by atoms with E-state index in [-0.39, 0.29) is 6.42 Å². The minimum absolute atomic E-state index is 0.257. The molecule has 12 heavy (non-hydrogen) atoms. The summed E-state index contributed by atoms with van der Waals surface area (Å²) in [7, 11) is 0. The average Bonchev–Trinajstić information content (AvgIpc) is 1.84. The fourth-order valence-corrected chi connectivity index (χ4v) is 0.999. The van der Waals surface area contributed by atoms with E-state index in [0.29, 0.717) is 6.42 Å². The fraction of sp³-hybridized carbons (Fsp3) is 1.00. The first-order valence-electron chi connectivity index (χ1n) is 4.20. The third-order valence-electron chi connectivity index (χ3n) is 1.61. The first kappa shape index (κ1) is 11.8. The molecule has 0 aliphatic rings. The molecule has 0 radical (unpaired) electrons. The van der Waals surface area contributed by atoms with Gasteiger partial charge in [0.15, 0.2) is 0 Å². The van der Waals surface area contributed by atoms with E-state index < -0.39 is 18.7 Å². The van der Waals surface area contributed by atoms with Crippen molar-refractivity contribution in [3.63, 3.8) is 0 Å². The van der Waals surface area contributed by atoms with Crippen molar-refractivity contribution in [2.24, 2.45) is 0 Å². The van der Waals surface area contributed by atoms with E-state index in [4.69, 9.17) is 5.11 Å². The van der Waals surface area contributed by atoms with Crippen LogP contribution in [0.5, 0.6) is 0 Å². The Kier molecular flexibility index (Phi) is 5.29. The molecule has 0 rings (SSSR count). The molecule has 1 N–H and O–H groups in total. The molecule has 0 aromatic carbocycles. The number of hydrogen-bond acceptors (Lipinski definition) is 1. The van der Waals surface area contributed by atoms with Crippen molar-refractivity contribution in [3.05, 3.63) is 0 Å². The maximum atomic E-state index is 11.7. The lowest BCUT2D eigenvalue weighted by Crippen LogP contribution is -2.18. The number of halogens is 3. The summed E-state index contributed by atoms with van der Waals surface area (Å²) < 4.78 is 35.0. The third-order valence-corrected chi connectivity index (χ3v) is 1.61. The van der Waals surface area contributed by atoms with E-state index in [1.54, 1.807) is 0 Å². The molecule has 0 aromatic rings. The van der Waals surface area contributed by atoms with Crippen LogP contribution in [0.15, 0.2) is 0 Å². The Morgan fingerprint density at radius 3 is 2.25 bits per heavy atom. The summed E-state index contributed by atoms with van der Waals surface area (Å²) in [4.78, 5) is 0. The van der Waals surface area contributed by atoms with E-state index in [9.17, 15) is 13.2 Å². The molecule has 74 valence electrons. The van der Waals surface area contributed by atoms with Crippen LogP contribution in [-0.2, 0) is 0 Å². The summed E-state index contributed by atoms with van der Waals surface area (Å²) in [5, 5.41) is 8.89. The predicted octanol–water partition coefficient (Wildman–Crippen LogP) is 2.88. The highest BCUT2D eigenvalue weighted by Crippen LogP contribution is 2.23. The van der Waals surface area contributed by atoms with Gasteiger partial charge in [-0.15, -0.1) is 0 Å². The topological polar surface area (TPSA) is 20.2 Å². The molecule has 0 amide bonds. The number of alkyl halides is 3. The van der Waals surface area contributed by atoms with Crippen LogP contribution in [0.25, 0.3) is 0 Å². The number of aliphatic hydroxyl groups is 1. The molecule has 0 spiro atoms. The van der Waals surface area contributed by atoms with Gasteiger partial charge in [0, 0.05) is 0 Å². The lowest BCUT2D eigenvalue weighted by atomic mass is 10.1. The van der Waals surface area contributed by atoms with E-state index in [2.05, 4.69) is 0 Å². The summed E-state index contributed by atoms with van der Waals surface area (Å²) in [6.45, 7) is 1.97. The smallest absolute Gasteiger partial charge is 0.391 e. The molecular formula is C8H15F3O. The molecule has 1 nitrogen and oxygen atoms in total. The minimum atomic E-state index is -4.23. The zero-order chi connectivity index (χ0) is 9.61. The van der Waals surface area contributed by atoms with Crippen molar-refractivity contribution in [1.29, 1.82) is 0 Å². The van der Waals surface area contributed by atoms with Gasteiger partial charge < -0.3 is 5.11 Å². The number of unbranched alkanes of at least 4 members (excludes halogenated alkanes) is 2. The second-order valence-corrected chi connectivity index (χ2v) is 2.97. The van der Waals surface area contributed by atoms with Crippen LogP contribution in [0.2, 0.25) is 0 Å². The summed E-state index contributed by atoms with van der Waals surface area (Å²) >= 11 is 0. The fourth-order valence-electron chi connectivity index (χ4n) is 0.999. The van der Waals surface area contributed by atoms with E-state index in [1.807, 2.05) is 6.92 Å². The van der Waals surface area contributed by atoms with Gasteiger partial charge in [-0.3, -0.25) is 0 Å². The first-order valence-corrected chi connectivity index (χ1v) is 4.20. The van der Waals surface area contributed by atoms with E-state index in [1.165, 1.54) is 0 Å². The van der Waals surface area contributed by atoms with Gasteiger partial charge in [0.25, 0.3) is 0 Å². The van der Waals surface area contributed by atoms with Gasteiger partial charge in [-0.05, 0) is 6.42 Å². The Hall–Kier alpha value is -0.250. The van der Waals surface area contributed by atoms with Crippen LogP contribution < -0.4 is 0 Å². The maximum Gasteiger partial charge on any atom is 0.391 e. The monoisotopic (exact) mass is 184 g/mol. The third kappa shape index (κ3) is 7.85. The van der Waals surface area contributed by atoms with E-state index >= 15 is 0 Å². The molecule has 4 heteroatoms. The number of aliphatic hydroxyl groups excluding tert-OH is 1. The van der Waals surface area contributed by atoms with Crippen molar-refractivity contribution in [2.45, 2.75) is 51.3 Å². The Morgan fingerprint density at radius 1 is 1.25 bits per heavy atom. The van der Waals surface area contributed by atoms with Crippen LogP contribution >= 0.6 is 0 Å². The van der Waals surface area contributed by atoms with Crippen molar-refractivity contribution in [1.82, 2.24) is 0 Å². The van der Waals surface area contributed by atoms with Crippen LogP contribution in [0.3, 0.4) is 0 Å². The van der Waals surface area contributed by atoms with Crippen LogP contribution in [0.4, 0.5) is 13.2 Å².